The van der Waals surface area contributed by atoms with Gasteiger partial charge in [0.05, 0.1) is 5.71 Å². The molecule has 58 valence electrons. The number of oxime groups is 1. The van der Waals surface area contributed by atoms with E-state index in [9.17, 15) is 0 Å². The minimum Gasteiger partial charge on any atom is -0.411 e. The van der Waals surface area contributed by atoms with Crippen LogP contribution < -0.4 is 0 Å². The van der Waals surface area contributed by atoms with Crippen molar-refractivity contribution in [1.82, 2.24) is 0 Å². The Hall–Kier alpha value is -0.530. The molecule has 0 heterocycles. The highest BCUT2D eigenvalue weighted by Crippen LogP contribution is 2.26. The van der Waals surface area contributed by atoms with Gasteiger partial charge in [0.2, 0.25) is 0 Å². The molecule has 0 spiro atoms. The van der Waals surface area contributed by atoms with E-state index in [0.29, 0.717) is 0 Å². The first kappa shape index (κ1) is 7.58. The molecule has 0 unspecified atom stereocenters. The Morgan fingerprint density at radius 1 is 1.70 bits per heavy atom. The second kappa shape index (κ2) is 3.59. The molecule has 1 N–H and O–H groups in total. The van der Waals surface area contributed by atoms with Gasteiger partial charge >= 0.3 is 0 Å². The average molecular weight is 141 g/mol. The molecule has 0 aromatic heterocycles. The molecule has 0 amide bonds. The van der Waals surface area contributed by atoms with Gasteiger partial charge in [-0.2, -0.15) is 0 Å². The normalized spacial score (nSPS) is 29.7. The molecule has 1 rings (SSSR count). The van der Waals surface area contributed by atoms with Gasteiger partial charge < -0.3 is 5.21 Å². The van der Waals surface area contributed by atoms with Crippen LogP contribution in [0, 0.1) is 5.92 Å². The molecular weight excluding hydrogens is 126 g/mol. The third-order valence-electron chi connectivity index (χ3n) is 2.20. The van der Waals surface area contributed by atoms with Crippen LogP contribution in [0.4, 0.5) is 0 Å². The summed E-state index contributed by atoms with van der Waals surface area (Å²) in [4.78, 5) is 0. The second-order valence-corrected chi connectivity index (χ2v) is 3.06. The highest BCUT2D eigenvalue weighted by Gasteiger charge is 2.19. The van der Waals surface area contributed by atoms with Crippen molar-refractivity contribution in [1.29, 1.82) is 0 Å². The molecule has 0 saturated heterocycles. The summed E-state index contributed by atoms with van der Waals surface area (Å²) < 4.78 is 0. The molecule has 1 aliphatic carbocycles. The van der Waals surface area contributed by atoms with Crippen LogP contribution >= 0.6 is 0 Å². The lowest BCUT2D eigenvalue weighted by Crippen LogP contribution is -1.94. The van der Waals surface area contributed by atoms with E-state index >= 15 is 0 Å². The van der Waals surface area contributed by atoms with Crippen LogP contribution in [-0.4, -0.2) is 10.9 Å². The lowest BCUT2D eigenvalue weighted by molar-refractivity contribution is 0.317. The van der Waals surface area contributed by atoms with E-state index in [4.69, 9.17) is 5.21 Å². The van der Waals surface area contributed by atoms with Crippen molar-refractivity contribution in [2.75, 3.05) is 0 Å². The van der Waals surface area contributed by atoms with Crippen LogP contribution in [0.5, 0.6) is 0 Å². The first-order valence-electron chi connectivity index (χ1n) is 4.06. The molecule has 10 heavy (non-hydrogen) atoms. The highest BCUT2D eigenvalue weighted by atomic mass is 16.4. The van der Waals surface area contributed by atoms with E-state index < -0.39 is 0 Å². The highest BCUT2D eigenvalue weighted by molar-refractivity contribution is 5.85. The molecule has 0 aromatic carbocycles. The average Bonchev–Trinajstić information content (AvgIpc) is 2.37. The number of rotatable bonds is 2. The van der Waals surface area contributed by atoms with Gasteiger partial charge in [-0.25, -0.2) is 0 Å². The van der Waals surface area contributed by atoms with E-state index in [1.54, 1.807) is 0 Å². The zero-order valence-corrected chi connectivity index (χ0v) is 6.51. The minimum absolute atomic E-state index is 0.802. The van der Waals surface area contributed by atoms with Gasteiger partial charge in [0.25, 0.3) is 0 Å². The Bertz CT molecular complexity index is 131. The predicted molar refractivity (Wildman–Crippen MR) is 41.5 cm³/mol. The van der Waals surface area contributed by atoms with Crippen LogP contribution in [0.3, 0.4) is 0 Å². The fraction of sp³-hybridized carbons (Fsp3) is 0.875. The van der Waals surface area contributed by atoms with Gasteiger partial charge in [-0.05, 0) is 25.2 Å². The van der Waals surface area contributed by atoms with Gasteiger partial charge in [-0.3, -0.25) is 0 Å². The standard InChI is InChI=1S/C8H15NO/c1-2-3-7-4-5-8(6-7)9-10/h7,10H,2-6H2,1H3/b9-8+/t7-/m0/s1. The Morgan fingerprint density at radius 3 is 3.00 bits per heavy atom. The molecular formula is C8H15NO. The number of hydrogen-bond acceptors (Lipinski definition) is 2. The van der Waals surface area contributed by atoms with Crippen molar-refractivity contribution in [3.8, 4) is 0 Å². The van der Waals surface area contributed by atoms with Gasteiger partial charge in [0.15, 0.2) is 0 Å². The van der Waals surface area contributed by atoms with Gasteiger partial charge in [0, 0.05) is 0 Å². The molecule has 1 saturated carbocycles. The molecule has 2 nitrogen and oxygen atoms in total. The lowest BCUT2D eigenvalue weighted by atomic mass is 10.0. The van der Waals surface area contributed by atoms with Crippen LogP contribution in [0.2, 0.25) is 0 Å². The van der Waals surface area contributed by atoms with Gasteiger partial charge in [-0.1, -0.05) is 24.9 Å². The predicted octanol–water partition coefficient (Wildman–Crippen LogP) is 2.42. The van der Waals surface area contributed by atoms with E-state index in [0.717, 1.165) is 24.5 Å². The number of nitrogens with zero attached hydrogens (tertiary/aromatic N) is 1. The third-order valence-corrected chi connectivity index (χ3v) is 2.20. The van der Waals surface area contributed by atoms with Crippen LogP contribution in [0.25, 0.3) is 0 Å². The zero-order valence-electron chi connectivity index (χ0n) is 6.51. The maximum absolute atomic E-state index is 8.44. The third kappa shape index (κ3) is 1.72. The van der Waals surface area contributed by atoms with Gasteiger partial charge in [-0.15, -0.1) is 0 Å². The molecule has 0 radical (unpaired) electrons. The van der Waals surface area contributed by atoms with E-state index in [2.05, 4.69) is 12.1 Å². The Labute approximate surface area is 61.9 Å². The molecule has 1 aliphatic rings. The largest absolute Gasteiger partial charge is 0.411 e. The summed E-state index contributed by atoms with van der Waals surface area (Å²) in [5.74, 6) is 0.802. The summed E-state index contributed by atoms with van der Waals surface area (Å²) in [6, 6.07) is 0. The molecule has 1 atom stereocenters. The van der Waals surface area contributed by atoms with Crippen molar-refractivity contribution in [2.24, 2.45) is 11.1 Å². The topological polar surface area (TPSA) is 32.6 Å². The van der Waals surface area contributed by atoms with Crippen molar-refractivity contribution < 1.29 is 5.21 Å². The van der Waals surface area contributed by atoms with Crippen molar-refractivity contribution >= 4 is 5.71 Å². The minimum atomic E-state index is 0.802. The van der Waals surface area contributed by atoms with E-state index in [1.807, 2.05) is 0 Å². The van der Waals surface area contributed by atoms with E-state index in [-0.39, 0.29) is 0 Å². The maximum atomic E-state index is 8.44. The van der Waals surface area contributed by atoms with E-state index in [1.165, 1.54) is 19.3 Å². The zero-order chi connectivity index (χ0) is 7.40. The first-order valence-corrected chi connectivity index (χ1v) is 4.06. The summed E-state index contributed by atoms with van der Waals surface area (Å²) in [6.07, 6.45) is 5.82. The number of hydrogen-bond donors (Lipinski definition) is 1. The van der Waals surface area contributed by atoms with Crippen molar-refractivity contribution in [3.63, 3.8) is 0 Å². The maximum Gasteiger partial charge on any atom is 0.0573 e. The summed E-state index contributed by atoms with van der Waals surface area (Å²) in [6.45, 7) is 2.20. The Kier molecular flexibility index (Phi) is 2.72. The lowest BCUT2D eigenvalue weighted by Gasteiger charge is -2.03. The quantitative estimate of drug-likeness (QED) is 0.465. The summed E-state index contributed by atoms with van der Waals surface area (Å²) >= 11 is 0. The molecule has 2 heteroatoms. The van der Waals surface area contributed by atoms with Crippen molar-refractivity contribution in [3.05, 3.63) is 0 Å². The van der Waals surface area contributed by atoms with Gasteiger partial charge in [0.1, 0.15) is 0 Å². The van der Waals surface area contributed by atoms with Crippen molar-refractivity contribution in [2.45, 2.75) is 39.0 Å². The fourth-order valence-electron chi connectivity index (χ4n) is 1.65. The molecule has 1 fully saturated rings. The summed E-state index contributed by atoms with van der Waals surface area (Å²) in [7, 11) is 0. The SMILES string of the molecule is CCC[C@H]1CC/C(=N\O)C1. The molecule has 0 aromatic rings. The molecule has 0 bridgehead atoms. The van der Waals surface area contributed by atoms with Crippen LogP contribution in [-0.2, 0) is 0 Å². The second-order valence-electron chi connectivity index (χ2n) is 3.06. The molecule has 0 aliphatic heterocycles. The Balaban J connectivity index is 2.29. The first-order chi connectivity index (χ1) is 4.86. The summed E-state index contributed by atoms with van der Waals surface area (Å²) in [5, 5.41) is 11.7. The van der Waals surface area contributed by atoms with Crippen LogP contribution in [0.15, 0.2) is 5.16 Å². The smallest absolute Gasteiger partial charge is 0.0573 e. The Morgan fingerprint density at radius 2 is 2.50 bits per heavy atom. The monoisotopic (exact) mass is 141 g/mol. The fourth-order valence-corrected chi connectivity index (χ4v) is 1.65. The van der Waals surface area contributed by atoms with Crippen LogP contribution in [0.1, 0.15) is 39.0 Å². The summed E-state index contributed by atoms with van der Waals surface area (Å²) in [5.41, 5.74) is 0.999.